The highest BCUT2D eigenvalue weighted by Gasteiger charge is 2.11. The number of carbonyl (C=O) groups is 1. The number of aromatic nitrogens is 2. The number of H-pyrrole nitrogens is 1. The molecule has 82 valence electrons. The third-order valence-electron chi connectivity index (χ3n) is 2.07. The van der Waals surface area contributed by atoms with Crippen LogP contribution in [-0.4, -0.2) is 31.6 Å². The Kier molecular flexibility index (Phi) is 2.24. The molecule has 1 aromatic carbocycles. The molecule has 0 aliphatic heterocycles. The summed E-state index contributed by atoms with van der Waals surface area (Å²) in [5.41, 5.74) is 0.642. The van der Waals surface area contributed by atoms with Crippen LogP contribution in [0.1, 0.15) is 10.5 Å². The van der Waals surface area contributed by atoms with Crippen molar-refractivity contribution in [1.82, 2.24) is 9.97 Å². The molecule has 1 heterocycles. The van der Waals surface area contributed by atoms with Gasteiger partial charge in [0.05, 0.1) is 11.9 Å². The van der Waals surface area contributed by atoms with Crippen LogP contribution in [0.25, 0.3) is 11.4 Å². The number of hydrogen-bond donors (Lipinski definition) is 4. The number of imidazole rings is 1. The molecule has 0 aliphatic rings. The van der Waals surface area contributed by atoms with Crippen LogP contribution in [-0.2, 0) is 0 Å². The zero-order valence-corrected chi connectivity index (χ0v) is 8.01. The third-order valence-corrected chi connectivity index (χ3v) is 2.07. The van der Waals surface area contributed by atoms with Gasteiger partial charge >= 0.3 is 0 Å². The number of aromatic amines is 1. The Hall–Kier alpha value is -2.50. The quantitative estimate of drug-likeness (QED) is 0.446. The molecule has 0 unspecified atom stereocenters. The number of phenols is 3. The number of nitrogens with one attached hydrogen (secondary N) is 1. The highest BCUT2D eigenvalue weighted by atomic mass is 16.3. The molecule has 2 rings (SSSR count). The van der Waals surface area contributed by atoms with Crippen molar-refractivity contribution in [3.05, 3.63) is 24.0 Å². The summed E-state index contributed by atoms with van der Waals surface area (Å²) >= 11 is 0. The standard InChI is InChI=1S/C10H8N2O4/c13-4-6-3-11-10(12-6)5-1-7(14)9(16)8(15)2-5/h1-4,14-16H,(H,11,12). The minimum Gasteiger partial charge on any atom is -0.504 e. The van der Waals surface area contributed by atoms with Crippen LogP contribution < -0.4 is 0 Å². The van der Waals surface area contributed by atoms with Crippen LogP contribution in [0, 0.1) is 0 Å². The van der Waals surface area contributed by atoms with E-state index >= 15 is 0 Å². The van der Waals surface area contributed by atoms with Gasteiger partial charge in [0.15, 0.2) is 23.5 Å². The lowest BCUT2D eigenvalue weighted by Crippen LogP contribution is -1.83. The van der Waals surface area contributed by atoms with Crippen molar-refractivity contribution < 1.29 is 20.1 Å². The summed E-state index contributed by atoms with van der Waals surface area (Å²) in [6.45, 7) is 0. The van der Waals surface area contributed by atoms with Gasteiger partial charge in [-0.05, 0) is 12.1 Å². The summed E-state index contributed by atoms with van der Waals surface area (Å²) in [5.74, 6) is -1.20. The Morgan fingerprint density at radius 1 is 1.19 bits per heavy atom. The minimum absolute atomic E-state index is 0.280. The number of rotatable bonds is 2. The average molecular weight is 220 g/mol. The molecule has 0 fully saturated rings. The second kappa shape index (κ2) is 3.58. The van der Waals surface area contributed by atoms with E-state index in [9.17, 15) is 15.0 Å². The van der Waals surface area contributed by atoms with Crippen LogP contribution in [0.3, 0.4) is 0 Å². The molecule has 6 nitrogen and oxygen atoms in total. The fourth-order valence-corrected chi connectivity index (χ4v) is 1.28. The fraction of sp³-hybridized carbons (Fsp3) is 0. The smallest absolute Gasteiger partial charge is 0.200 e. The zero-order chi connectivity index (χ0) is 11.7. The predicted molar refractivity (Wildman–Crippen MR) is 54.4 cm³/mol. The van der Waals surface area contributed by atoms with Crippen molar-refractivity contribution in [2.24, 2.45) is 0 Å². The van der Waals surface area contributed by atoms with Crippen LogP contribution in [0.2, 0.25) is 0 Å². The van der Waals surface area contributed by atoms with Gasteiger partial charge < -0.3 is 20.3 Å². The van der Waals surface area contributed by atoms with E-state index in [4.69, 9.17) is 5.11 Å². The molecule has 0 bridgehead atoms. The molecule has 2 aromatic rings. The first-order valence-electron chi connectivity index (χ1n) is 4.37. The minimum atomic E-state index is -0.592. The highest BCUT2D eigenvalue weighted by Crippen LogP contribution is 2.37. The van der Waals surface area contributed by atoms with E-state index in [1.54, 1.807) is 0 Å². The van der Waals surface area contributed by atoms with Crippen molar-refractivity contribution in [2.45, 2.75) is 0 Å². The van der Waals surface area contributed by atoms with Gasteiger partial charge in [0.25, 0.3) is 0 Å². The van der Waals surface area contributed by atoms with E-state index in [1.807, 2.05) is 0 Å². The van der Waals surface area contributed by atoms with Gasteiger partial charge in [-0.25, -0.2) is 4.98 Å². The molecule has 1 aromatic heterocycles. The molecular weight excluding hydrogens is 212 g/mol. The monoisotopic (exact) mass is 220 g/mol. The molecule has 6 heteroatoms. The number of hydrogen-bond acceptors (Lipinski definition) is 5. The second-order valence-corrected chi connectivity index (χ2v) is 3.17. The van der Waals surface area contributed by atoms with Gasteiger partial charge in [-0.3, -0.25) is 4.79 Å². The average Bonchev–Trinajstić information content (AvgIpc) is 2.73. The highest BCUT2D eigenvalue weighted by molar-refractivity contribution is 5.74. The molecule has 0 saturated carbocycles. The molecule has 0 spiro atoms. The Morgan fingerprint density at radius 2 is 1.81 bits per heavy atom. The Morgan fingerprint density at radius 3 is 2.31 bits per heavy atom. The first-order valence-corrected chi connectivity index (χ1v) is 4.37. The van der Waals surface area contributed by atoms with Crippen molar-refractivity contribution in [2.75, 3.05) is 0 Å². The van der Waals surface area contributed by atoms with Gasteiger partial charge in [0.2, 0.25) is 0 Å². The topological polar surface area (TPSA) is 106 Å². The van der Waals surface area contributed by atoms with Gasteiger partial charge in [-0.1, -0.05) is 0 Å². The first-order chi connectivity index (χ1) is 7.61. The molecule has 0 radical (unpaired) electrons. The van der Waals surface area contributed by atoms with E-state index < -0.39 is 17.2 Å². The number of aromatic hydroxyl groups is 3. The summed E-state index contributed by atoms with van der Waals surface area (Å²) in [6.07, 6.45) is 1.92. The Balaban J connectivity index is 2.52. The maximum Gasteiger partial charge on any atom is 0.200 e. The van der Waals surface area contributed by atoms with E-state index in [0.29, 0.717) is 17.7 Å². The predicted octanol–water partition coefficient (Wildman–Crippen LogP) is 1.01. The molecule has 0 saturated heterocycles. The summed E-state index contributed by atoms with van der Waals surface area (Å²) in [7, 11) is 0. The number of benzene rings is 1. The second-order valence-electron chi connectivity index (χ2n) is 3.17. The van der Waals surface area contributed by atoms with Gasteiger partial charge in [-0.2, -0.15) is 0 Å². The van der Waals surface area contributed by atoms with E-state index in [-0.39, 0.29) is 5.69 Å². The third kappa shape index (κ3) is 1.56. The summed E-state index contributed by atoms with van der Waals surface area (Å²) in [4.78, 5) is 17.0. The van der Waals surface area contributed by atoms with Crippen LogP contribution in [0.5, 0.6) is 17.2 Å². The number of nitrogens with zero attached hydrogens (tertiary/aromatic N) is 1. The van der Waals surface area contributed by atoms with Gasteiger partial charge in [0.1, 0.15) is 5.82 Å². The van der Waals surface area contributed by atoms with Crippen molar-refractivity contribution in [3.63, 3.8) is 0 Å². The van der Waals surface area contributed by atoms with Gasteiger partial charge in [0, 0.05) is 5.56 Å². The first kappa shape index (κ1) is 10.0. The SMILES string of the molecule is O=Cc1cnc(-c2cc(O)c(O)c(O)c2)[nH]1. The van der Waals surface area contributed by atoms with Crippen molar-refractivity contribution in [1.29, 1.82) is 0 Å². The maximum absolute atomic E-state index is 10.4. The molecule has 0 aliphatic carbocycles. The molecule has 0 atom stereocenters. The lowest BCUT2D eigenvalue weighted by Gasteiger charge is -2.03. The van der Waals surface area contributed by atoms with E-state index in [0.717, 1.165) is 0 Å². The summed E-state index contributed by atoms with van der Waals surface area (Å²) in [5, 5.41) is 27.7. The van der Waals surface area contributed by atoms with Crippen LogP contribution in [0.4, 0.5) is 0 Å². The number of aldehydes is 1. The van der Waals surface area contributed by atoms with Crippen molar-refractivity contribution >= 4 is 6.29 Å². The Bertz CT molecular complexity index is 524. The van der Waals surface area contributed by atoms with E-state index in [1.165, 1.54) is 18.3 Å². The Labute approximate surface area is 89.8 Å². The summed E-state index contributed by atoms with van der Waals surface area (Å²) in [6, 6.07) is 2.45. The van der Waals surface area contributed by atoms with Crippen LogP contribution in [0.15, 0.2) is 18.3 Å². The molecule has 0 amide bonds. The number of phenolic OH excluding ortho intramolecular Hbond substituents is 3. The molecule has 16 heavy (non-hydrogen) atoms. The molecular formula is C10H8N2O4. The van der Waals surface area contributed by atoms with Crippen molar-refractivity contribution in [3.8, 4) is 28.6 Å². The lowest BCUT2D eigenvalue weighted by atomic mass is 10.2. The van der Waals surface area contributed by atoms with Crippen LogP contribution >= 0.6 is 0 Å². The summed E-state index contributed by atoms with van der Waals surface area (Å²) < 4.78 is 0. The maximum atomic E-state index is 10.4. The van der Waals surface area contributed by atoms with E-state index in [2.05, 4.69) is 9.97 Å². The largest absolute Gasteiger partial charge is 0.504 e. The lowest BCUT2D eigenvalue weighted by molar-refractivity contribution is 0.111. The molecule has 4 N–H and O–H groups in total. The number of carbonyl (C=O) groups excluding carboxylic acids is 1. The zero-order valence-electron chi connectivity index (χ0n) is 8.01. The van der Waals surface area contributed by atoms with Gasteiger partial charge in [-0.15, -0.1) is 0 Å². The fourth-order valence-electron chi connectivity index (χ4n) is 1.28. The normalized spacial score (nSPS) is 10.2.